The summed E-state index contributed by atoms with van der Waals surface area (Å²) in [5.41, 5.74) is 2.13. The van der Waals surface area contributed by atoms with Gasteiger partial charge < -0.3 is 9.84 Å². The van der Waals surface area contributed by atoms with Crippen LogP contribution in [0.1, 0.15) is 35.8 Å². The highest BCUT2D eigenvalue weighted by molar-refractivity contribution is 6.31. The number of H-pyrrole nitrogens is 1. The van der Waals surface area contributed by atoms with Gasteiger partial charge in [0, 0.05) is 10.6 Å². The monoisotopic (exact) mass is 294 g/mol. The quantitative estimate of drug-likeness (QED) is 0.904. The summed E-state index contributed by atoms with van der Waals surface area (Å²) in [6, 6.07) is 5.06. The molecule has 0 unspecified atom stereocenters. The third-order valence-corrected chi connectivity index (χ3v) is 3.35. The molecule has 0 bridgehead atoms. The number of rotatable bonds is 4. The van der Waals surface area contributed by atoms with Crippen LogP contribution in [0.2, 0.25) is 5.02 Å². The van der Waals surface area contributed by atoms with Gasteiger partial charge in [0.1, 0.15) is 11.4 Å². The lowest BCUT2D eigenvalue weighted by Crippen LogP contribution is -1.95. The molecule has 0 atom stereocenters. The van der Waals surface area contributed by atoms with E-state index in [0.717, 1.165) is 5.56 Å². The van der Waals surface area contributed by atoms with E-state index in [1.54, 1.807) is 13.2 Å². The topological polar surface area (TPSA) is 75.2 Å². The average Bonchev–Trinajstić information content (AvgIpc) is 2.87. The zero-order chi connectivity index (χ0) is 14.9. The molecular formula is C14H15ClN2O3. The molecule has 0 amide bonds. The number of hydrogen-bond donors (Lipinski definition) is 2. The maximum atomic E-state index is 10.9. The van der Waals surface area contributed by atoms with E-state index in [9.17, 15) is 4.79 Å². The number of aromatic carboxylic acids is 1. The van der Waals surface area contributed by atoms with Gasteiger partial charge in [-0.05, 0) is 29.7 Å². The number of ether oxygens (including phenoxy) is 1. The van der Waals surface area contributed by atoms with E-state index in [-0.39, 0.29) is 11.6 Å². The van der Waals surface area contributed by atoms with Crippen LogP contribution >= 0.6 is 11.6 Å². The molecule has 0 radical (unpaired) electrons. The molecule has 2 rings (SSSR count). The normalized spacial score (nSPS) is 10.8. The van der Waals surface area contributed by atoms with Crippen molar-refractivity contribution in [1.82, 2.24) is 10.2 Å². The highest BCUT2D eigenvalue weighted by Crippen LogP contribution is 2.36. The van der Waals surface area contributed by atoms with Crippen molar-refractivity contribution >= 4 is 17.6 Å². The molecule has 1 heterocycles. The lowest BCUT2D eigenvalue weighted by Gasteiger charge is -2.13. The second-order valence-electron chi connectivity index (χ2n) is 4.70. The van der Waals surface area contributed by atoms with Gasteiger partial charge in [0.15, 0.2) is 0 Å². The Bertz CT molecular complexity index is 650. The number of nitrogens with one attached hydrogen (secondary N) is 1. The second-order valence-corrected chi connectivity index (χ2v) is 5.11. The molecule has 0 fully saturated rings. The van der Waals surface area contributed by atoms with Crippen LogP contribution in [0, 0.1) is 0 Å². The number of halogens is 1. The summed E-state index contributed by atoms with van der Waals surface area (Å²) in [4.78, 5) is 10.9. The maximum absolute atomic E-state index is 10.9. The summed E-state index contributed by atoms with van der Waals surface area (Å²) in [7, 11) is 1.56. The van der Waals surface area contributed by atoms with Crippen LogP contribution < -0.4 is 4.74 Å². The fourth-order valence-corrected chi connectivity index (χ4v) is 2.33. The van der Waals surface area contributed by atoms with Gasteiger partial charge in [-0.25, -0.2) is 4.79 Å². The van der Waals surface area contributed by atoms with Crippen LogP contribution in [0.3, 0.4) is 0 Å². The number of carboxylic acid groups (broad SMARTS) is 1. The predicted molar refractivity (Wildman–Crippen MR) is 76.6 cm³/mol. The van der Waals surface area contributed by atoms with Crippen molar-refractivity contribution in [3.63, 3.8) is 0 Å². The van der Waals surface area contributed by atoms with E-state index in [0.29, 0.717) is 22.0 Å². The molecule has 0 aliphatic heterocycles. The standard InChI is InChI=1S/C14H15ClN2O3/c1-7(2)8-5-13(20-3)9(4-10(8)15)11-6-12(14(18)19)17-16-11/h4-7H,1-3H3,(H,16,17)(H,18,19). The van der Waals surface area contributed by atoms with Crippen LogP contribution in [-0.4, -0.2) is 28.4 Å². The Morgan fingerprint density at radius 2 is 2.10 bits per heavy atom. The first kappa shape index (κ1) is 14.4. The van der Waals surface area contributed by atoms with Crippen LogP contribution in [0.5, 0.6) is 5.75 Å². The Morgan fingerprint density at radius 1 is 1.40 bits per heavy atom. The SMILES string of the molecule is COc1cc(C(C)C)c(Cl)cc1-c1cc(C(=O)O)[nH]n1. The fraction of sp³-hybridized carbons (Fsp3) is 0.286. The van der Waals surface area contributed by atoms with E-state index in [1.165, 1.54) is 6.07 Å². The van der Waals surface area contributed by atoms with Crippen LogP contribution in [0.25, 0.3) is 11.3 Å². The number of aromatic amines is 1. The Kier molecular flexibility index (Phi) is 3.99. The van der Waals surface area contributed by atoms with Gasteiger partial charge in [0.2, 0.25) is 0 Å². The number of benzene rings is 1. The Labute approximate surface area is 121 Å². The molecule has 5 nitrogen and oxygen atoms in total. The van der Waals surface area contributed by atoms with Gasteiger partial charge in [-0.3, -0.25) is 5.10 Å². The van der Waals surface area contributed by atoms with Gasteiger partial charge in [-0.15, -0.1) is 0 Å². The van der Waals surface area contributed by atoms with Crippen LogP contribution in [-0.2, 0) is 0 Å². The van der Waals surface area contributed by atoms with Crippen molar-refractivity contribution in [2.24, 2.45) is 0 Å². The van der Waals surface area contributed by atoms with Crippen molar-refractivity contribution in [3.05, 3.63) is 34.5 Å². The Balaban J connectivity index is 2.55. The first-order chi connectivity index (χ1) is 9.43. The van der Waals surface area contributed by atoms with E-state index in [2.05, 4.69) is 10.2 Å². The van der Waals surface area contributed by atoms with Gasteiger partial charge in [-0.1, -0.05) is 25.4 Å². The number of hydrogen-bond acceptors (Lipinski definition) is 3. The molecule has 6 heteroatoms. The smallest absolute Gasteiger partial charge is 0.353 e. The molecular weight excluding hydrogens is 280 g/mol. The van der Waals surface area contributed by atoms with E-state index in [1.807, 2.05) is 19.9 Å². The molecule has 2 aromatic rings. The maximum Gasteiger partial charge on any atom is 0.353 e. The molecule has 0 saturated heterocycles. The van der Waals surface area contributed by atoms with E-state index in [4.69, 9.17) is 21.4 Å². The second kappa shape index (κ2) is 5.54. The lowest BCUT2D eigenvalue weighted by atomic mass is 9.99. The minimum atomic E-state index is -1.06. The summed E-state index contributed by atoms with van der Waals surface area (Å²) < 4.78 is 5.36. The summed E-state index contributed by atoms with van der Waals surface area (Å²) >= 11 is 6.26. The number of aromatic nitrogens is 2. The largest absolute Gasteiger partial charge is 0.496 e. The Hall–Kier alpha value is -2.01. The molecule has 0 saturated carbocycles. The van der Waals surface area contributed by atoms with Gasteiger partial charge >= 0.3 is 5.97 Å². The van der Waals surface area contributed by atoms with E-state index >= 15 is 0 Å². The number of carboxylic acids is 1. The highest BCUT2D eigenvalue weighted by atomic mass is 35.5. The molecule has 20 heavy (non-hydrogen) atoms. The average molecular weight is 295 g/mol. The van der Waals surface area contributed by atoms with Gasteiger partial charge in [0.05, 0.1) is 12.8 Å². The molecule has 2 N–H and O–H groups in total. The van der Waals surface area contributed by atoms with E-state index < -0.39 is 5.97 Å². The van der Waals surface area contributed by atoms with Crippen molar-refractivity contribution in [2.75, 3.05) is 7.11 Å². The molecule has 0 spiro atoms. The number of nitrogens with zero attached hydrogens (tertiary/aromatic N) is 1. The first-order valence-corrected chi connectivity index (χ1v) is 6.48. The fourth-order valence-electron chi connectivity index (χ4n) is 1.95. The van der Waals surface area contributed by atoms with Gasteiger partial charge in [0.25, 0.3) is 0 Å². The number of carbonyl (C=O) groups is 1. The van der Waals surface area contributed by atoms with Gasteiger partial charge in [-0.2, -0.15) is 5.10 Å². The minimum Gasteiger partial charge on any atom is -0.496 e. The molecule has 1 aromatic carbocycles. The molecule has 0 aliphatic rings. The number of methoxy groups -OCH3 is 1. The molecule has 1 aromatic heterocycles. The predicted octanol–water partition coefficient (Wildman–Crippen LogP) is 3.56. The summed E-state index contributed by atoms with van der Waals surface area (Å²) in [5, 5.41) is 16.0. The summed E-state index contributed by atoms with van der Waals surface area (Å²) in [6.45, 7) is 4.08. The highest BCUT2D eigenvalue weighted by Gasteiger charge is 2.16. The lowest BCUT2D eigenvalue weighted by molar-refractivity contribution is 0.0690. The zero-order valence-electron chi connectivity index (χ0n) is 11.4. The zero-order valence-corrected chi connectivity index (χ0v) is 12.2. The minimum absolute atomic E-state index is 0.0195. The van der Waals surface area contributed by atoms with Crippen molar-refractivity contribution in [2.45, 2.75) is 19.8 Å². The third kappa shape index (κ3) is 2.63. The summed E-state index contributed by atoms with van der Waals surface area (Å²) in [6.07, 6.45) is 0. The van der Waals surface area contributed by atoms with Crippen LogP contribution in [0.4, 0.5) is 0 Å². The molecule has 106 valence electrons. The molecule has 0 aliphatic carbocycles. The van der Waals surface area contributed by atoms with Crippen molar-refractivity contribution in [3.8, 4) is 17.0 Å². The van der Waals surface area contributed by atoms with Crippen molar-refractivity contribution in [1.29, 1.82) is 0 Å². The van der Waals surface area contributed by atoms with Crippen LogP contribution in [0.15, 0.2) is 18.2 Å². The third-order valence-electron chi connectivity index (χ3n) is 3.03. The van der Waals surface area contributed by atoms with Crippen molar-refractivity contribution < 1.29 is 14.6 Å². The first-order valence-electron chi connectivity index (χ1n) is 6.10. The summed E-state index contributed by atoms with van der Waals surface area (Å²) in [5.74, 6) is -0.187. The Morgan fingerprint density at radius 3 is 2.60 bits per heavy atom.